The molecule has 0 atom stereocenters. The minimum atomic E-state index is -0.438. The highest BCUT2D eigenvalue weighted by atomic mass is 16.5. The minimum Gasteiger partial charge on any atom is -0.465 e. The van der Waals surface area contributed by atoms with E-state index in [0.717, 1.165) is 16.8 Å². The molecule has 148 valence electrons. The fourth-order valence-electron chi connectivity index (χ4n) is 2.90. The van der Waals surface area contributed by atoms with Gasteiger partial charge in [-0.05, 0) is 56.2 Å². The van der Waals surface area contributed by atoms with Crippen molar-refractivity contribution in [3.8, 4) is 0 Å². The number of methoxy groups -OCH3 is 1. The second kappa shape index (κ2) is 8.52. The summed E-state index contributed by atoms with van der Waals surface area (Å²) in [6.45, 7) is 5.66. The Kier molecular flexibility index (Phi) is 5.87. The van der Waals surface area contributed by atoms with Gasteiger partial charge in [-0.1, -0.05) is 24.3 Å². The summed E-state index contributed by atoms with van der Waals surface area (Å²) in [7, 11) is 1.33. The summed E-state index contributed by atoms with van der Waals surface area (Å²) in [5.41, 5.74) is 4.61. The predicted molar refractivity (Wildman–Crippen MR) is 112 cm³/mol. The van der Waals surface area contributed by atoms with Crippen molar-refractivity contribution in [3.05, 3.63) is 76.6 Å². The smallest absolute Gasteiger partial charge is 0.337 e. The van der Waals surface area contributed by atoms with E-state index in [2.05, 4.69) is 20.6 Å². The number of nitrogens with zero attached hydrogens (tertiary/aromatic N) is 2. The third-order valence-electron chi connectivity index (χ3n) is 4.35. The molecule has 0 spiro atoms. The molecule has 1 aromatic heterocycles. The molecular weight excluding hydrogens is 368 g/mol. The Morgan fingerprint density at radius 2 is 1.62 bits per heavy atom. The molecule has 3 aromatic rings. The van der Waals surface area contributed by atoms with E-state index in [1.165, 1.54) is 7.11 Å². The number of hydrogen-bond acceptors (Lipinski definition) is 6. The molecule has 0 fully saturated rings. The summed E-state index contributed by atoms with van der Waals surface area (Å²) in [5, 5.41) is 5.96. The Balaban J connectivity index is 1.85. The maximum absolute atomic E-state index is 12.8. The molecule has 1 heterocycles. The summed E-state index contributed by atoms with van der Waals surface area (Å²) in [6.07, 6.45) is 0. The highest BCUT2D eigenvalue weighted by molar-refractivity contribution is 6.04. The standard InChI is InChI=1S/C22H22N4O3/c1-13-7-5-8-14(2)19(13)26-20(27)18-11-15(3)23-22(25-18)24-17-10-6-9-16(12-17)21(28)29-4/h5-12H,1-4H3,(H,26,27)(H,23,24,25). The number of amides is 1. The van der Waals surface area contributed by atoms with Crippen LogP contribution in [0.2, 0.25) is 0 Å². The van der Waals surface area contributed by atoms with Crippen LogP contribution in [0.15, 0.2) is 48.5 Å². The first kappa shape index (κ1) is 20.0. The molecule has 2 N–H and O–H groups in total. The summed E-state index contributed by atoms with van der Waals surface area (Å²) in [4.78, 5) is 33.1. The van der Waals surface area contributed by atoms with Crippen LogP contribution in [-0.2, 0) is 4.74 Å². The lowest BCUT2D eigenvalue weighted by atomic mass is 10.1. The number of benzene rings is 2. The molecule has 7 heteroatoms. The molecule has 0 radical (unpaired) electrons. The summed E-state index contributed by atoms with van der Waals surface area (Å²) >= 11 is 0. The molecule has 2 aromatic carbocycles. The Morgan fingerprint density at radius 1 is 0.931 bits per heavy atom. The second-order valence-electron chi connectivity index (χ2n) is 6.64. The number of nitrogens with one attached hydrogen (secondary N) is 2. The number of carbonyl (C=O) groups excluding carboxylic acids is 2. The number of aromatic nitrogens is 2. The van der Waals surface area contributed by atoms with E-state index < -0.39 is 5.97 Å². The van der Waals surface area contributed by atoms with Gasteiger partial charge in [-0.2, -0.15) is 0 Å². The van der Waals surface area contributed by atoms with Gasteiger partial charge in [-0.25, -0.2) is 14.8 Å². The van der Waals surface area contributed by atoms with Crippen LogP contribution >= 0.6 is 0 Å². The summed E-state index contributed by atoms with van der Waals surface area (Å²) < 4.78 is 4.74. The highest BCUT2D eigenvalue weighted by Gasteiger charge is 2.14. The summed E-state index contributed by atoms with van der Waals surface area (Å²) in [6, 6.07) is 14.2. The van der Waals surface area contributed by atoms with E-state index >= 15 is 0 Å². The quantitative estimate of drug-likeness (QED) is 0.635. The number of ether oxygens (including phenoxy) is 1. The van der Waals surface area contributed by atoms with Crippen LogP contribution in [-0.4, -0.2) is 29.0 Å². The number of rotatable bonds is 5. The van der Waals surface area contributed by atoms with Crippen molar-refractivity contribution in [1.82, 2.24) is 9.97 Å². The molecule has 1 amide bonds. The number of para-hydroxylation sites is 1. The average molecular weight is 390 g/mol. The number of aryl methyl sites for hydroxylation is 3. The van der Waals surface area contributed by atoms with Crippen LogP contribution in [0, 0.1) is 20.8 Å². The Morgan fingerprint density at radius 3 is 2.31 bits per heavy atom. The van der Waals surface area contributed by atoms with E-state index in [1.807, 2.05) is 32.0 Å². The van der Waals surface area contributed by atoms with Crippen LogP contribution in [0.4, 0.5) is 17.3 Å². The van der Waals surface area contributed by atoms with Gasteiger partial charge in [-0.3, -0.25) is 4.79 Å². The first-order chi connectivity index (χ1) is 13.9. The van der Waals surface area contributed by atoms with Gasteiger partial charge in [-0.15, -0.1) is 0 Å². The van der Waals surface area contributed by atoms with Gasteiger partial charge in [0.2, 0.25) is 5.95 Å². The van der Waals surface area contributed by atoms with E-state index in [9.17, 15) is 9.59 Å². The minimum absolute atomic E-state index is 0.242. The van der Waals surface area contributed by atoms with Gasteiger partial charge in [0.25, 0.3) is 5.91 Å². The average Bonchev–Trinajstić information content (AvgIpc) is 2.70. The SMILES string of the molecule is COC(=O)c1cccc(Nc2nc(C)cc(C(=O)Nc3c(C)cccc3C)n2)c1. The first-order valence-electron chi connectivity index (χ1n) is 9.06. The van der Waals surface area contributed by atoms with E-state index in [4.69, 9.17) is 4.74 Å². The Hall–Kier alpha value is -3.74. The lowest BCUT2D eigenvalue weighted by Gasteiger charge is -2.12. The largest absolute Gasteiger partial charge is 0.465 e. The van der Waals surface area contributed by atoms with E-state index in [1.54, 1.807) is 37.3 Å². The van der Waals surface area contributed by atoms with Gasteiger partial charge in [0.1, 0.15) is 5.69 Å². The monoisotopic (exact) mass is 390 g/mol. The topological polar surface area (TPSA) is 93.2 Å². The zero-order chi connectivity index (χ0) is 21.0. The number of hydrogen-bond donors (Lipinski definition) is 2. The van der Waals surface area contributed by atoms with Crippen molar-refractivity contribution in [1.29, 1.82) is 0 Å². The van der Waals surface area contributed by atoms with Gasteiger partial charge in [0, 0.05) is 17.1 Å². The molecule has 0 bridgehead atoms. The number of esters is 1. The molecule has 0 unspecified atom stereocenters. The Bertz CT molecular complexity index is 1060. The van der Waals surface area contributed by atoms with Crippen molar-refractivity contribution >= 4 is 29.2 Å². The summed E-state index contributed by atoms with van der Waals surface area (Å²) in [5.74, 6) is -0.495. The van der Waals surface area contributed by atoms with Crippen molar-refractivity contribution in [2.24, 2.45) is 0 Å². The lowest BCUT2D eigenvalue weighted by molar-refractivity contribution is 0.0600. The molecule has 0 aliphatic rings. The molecule has 3 rings (SSSR count). The normalized spacial score (nSPS) is 10.3. The van der Waals surface area contributed by atoms with Crippen LogP contribution in [0.1, 0.15) is 37.7 Å². The van der Waals surface area contributed by atoms with E-state index in [0.29, 0.717) is 16.9 Å². The maximum Gasteiger partial charge on any atom is 0.337 e. The molecule has 7 nitrogen and oxygen atoms in total. The van der Waals surface area contributed by atoms with Crippen LogP contribution < -0.4 is 10.6 Å². The van der Waals surface area contributed by atoms with Gasteiger partial charge < -0.3 is 15.4 Å². The molecule has 29 heavy (non-hydrogen) atoms. The third-order valence-corrected chi connectivity index (χ3v) is 4.35. The van der Waals surface area contributed by atoms with Crippen LogP contribution in [0.25, 0.3) is 0 Å². The predicted octanol–water partition coefficient (Wildman–Crippen LogP) is 4.18. The second-order valence-corrected chi connectivity index (χ2v) is 6.64. The Labute approximate surface area is 169 Å². The van der Waals surface area contributed by atoms with Crippen molar-refractivity contribution in [2.75, 3.05) is 17.7 Å². The zero-order valence-corrected chi connectivity index (χ0v) is 16.7. The zero-order valence-electron chi connectivity index (χ0n) is 16.7. The van der Waals surface area contributed by atoms with Crippen molar-refractivity contribution in [3.63, 3.8) is 0 Å². The maximum atomic E-state index is 12.8. The first-order valence-corrected chi connectivity index (χ1v) is 9.06. The van der Waals surface area contributed by atoms with E-state index in [-0.39, 0.29) is 17.5 Å². The van der Waals surface area contributed by atoms with Crippen LogP contribution in [0.3, 0.4) is 0 Å². The molecular formula is C22H22N4O3. The number of anilines is 3. The van der Waals surface area contributed by atoms with Gasteiger partial charge in [0.15, 0.2) is 0 Å². The highest BCUT2D eigenvalue weighted by Crippen LogP contribution is 2.21. The number of carbonyl (C=O) groups is 2. The molecule has 0 aliphatic heterocycles. The van der Waals surface area contributed by atoms with Crippen molar-refractivity contribution < 1.29 is 14.3 Å². The third kappa shape index (κ3) is 4.76. The van der Waals surface area contributed by atoms with Gasteiger partial charge in [0.05, 0.1) is 12.7 Å². The molecule has 0 saturated carbocycles. The fourth-order valence-corrected chi connectivity index (χ4v) is 2.90. The van der Waals surface area contributed by atoms with Crippen molar-refractivity contribution in [2.45, 2.75) is 20.8 Å². The van der Waals surface area contributed by atoms with Crippen LogP contribution in [0.5, 0.6) is 0 Å². The van der Waals surface area contributed by atoms with Gasteiger partial charge >= 0.3 is 5.97 Å². The molecule has 0 aliphatic carbocycles. The fraction of sp³-hybridized carbons (Fsp3) is 0.182. The molecule has 0 saturated heterocycles. The lowest BCUT2D eigenvalue weighted by Crippen LogP contribution is -2.17.